The molecule has 35 heavy (non-hydrogen) atoms. The largest absolute Gasteiger partial charge is 0.493 e. The number of carbonyl (C=O) groups is 1. The number of para-hydroxylation sites is 2. The van der Waals surface area contributed by atoms with Crippen molar-refractivity contribution in [2.24, 2.45) is 0 Å². The number of fused-ring (bicyclic) bond motifs is 1. The van der Waals surface area contributed by atoms with Crippen LogP contribution in [0.4, 0.5) is 10.7 Å². The minimum atomic E-state index is -0.127. The number of methoxy groups -OCH3 is 3. The maximum atomic E-state index is 13.6. The molecular formula is C27H32N2O5S. The van der Waals surface area contributed by atoms with Gasteiger partial charge in [-0.05, 0) is 62.4 Å². The second-order valence-corrected chi connectivity index (χ2v) is 9.25. The lowest BCUT2D eigenvalue weighted by Crippen LogP contribution is -2.17. The van der Waals surface area contributed by atoms with Crippen LogP contribution in [0, 0.1) is 0 Å². The number of thiophene rings is 1. The number of benzene rings is 2. The van der Waals surface area contributed by atoms with Gasteiger partial charge < -0.3 is 29.6 Å². The molecule has 1 aliphatic carbocycles. The molecule has 8 heteroatoms. The molecule has 1 heterocycles. The van der Waals surface area contributed by atoms with Crippen LogP contribution in [0.15, 0.2) is 36.4 Å². The fourth-order valence-corrected chi connectivity index (χ4v) is 5.73. The van der Waals surface area contributed by atoms with E-state index in [1.54, 1.807) is 32.7 Å². The highest BCUT2D eigenvalue weighted by atomic mass is 32.1. The van der Waals surface area contributed by atoms with Crippen LogP contribution in [0.25, 0.3) is 0 Å². The summed E-state index contributed by atoms with van der Waals surface area (Å²) in [4.78, 5) is 14.9. The average Bonchev–Trinajstić information content (AvgIpc) is 3.26. The Morgan fingerprint density at radius 3 is 2.46 bits per heavy atom. The molecule has 7 nitrogen and oxygen atoms in total. The molecule has 0 saturated heterocycles. The number of anilines is 2. The molecule has 1 aliphatic rings. The van der Waals surface area contributed by atoms with Gasteiger partial charge in [-0.2, -0.15) is 0 Å². The molecule has 0 bridgehead atoms. The minimum absolute atomic E-state index is 0.127. The Labute approximate surface area is 210 Å². The van der Waals surface area contributed by atoms with E-state index >= 15 is 0 Å². The summed E-state index contributed by atoms with van der Waals surface area (Å²) in [5.74, 6) is 2.30. The highest BCUT2D eigenvalue weighted by molar-refractivity contribution is 7.16. The fourth-order valence-electron chi connectivity index (χ4n) is 4.44. The Balaban J connectivity index is 1.64. The van der Waals surface area contributed by atoms with Crippen molar-refractivity contribution in [3.63, 3.8) is 0 Å². The molecule has 0 unspecified atom stereocenters. The summed E-state index contributed by atoms with van der Waals surface area (Å²) in [6.45, 7) is 2.93. The van der Waals surface area contributed by atoms with E-state index in [1.807, 2.05) is 43.3 Å². The quantitative estimate of drug-likeness (QED) is 0.363. The van der Waals surface area contributed by atoms with E-state index in [0.717, 1.165) is 47.4 Å². The molecular weight excluding hydrogens is 464 g/mol. The second-order valence-electron chi connectivity index (χ2n) is 8.15. The summed E-state index contributed by atoms with van der Waals surface area (Å²) in [6.07, 6.45) is 4.13. The summed E-state index contributed by atoms with van der Waals surface area (Å²) in [7, 11) is 4.80. The molecule has 0 fully saturated rings. The molecule has 1 aromatic heterocycles. The van der Waals surface area contributed by atoms with Gasteiger partial charge in [-0.25, -0.2) is 0 Å². The van der Waals surface area contributed by atoms with Crippen molar-refractivity contribution < 1.29 is 23.7 Å². The summed E-state index contributed by atoms with van der Waals surface area (Å²) < 4.78 is 22.3. The first-order valence-corrected chi connectivity index (χ1v) is 12.6. The van der Waals surface area contributed by atoms with Crippen LogP contribution in [0.5, 0.6) is 23.0 Å². The zero-order valence-corrected chi connectivity index (χ0v) is 21.5. The summed E-state index contributed by atoms with van der Waals surface area (Å²) in [5, 5.41) is 7.45. The van der Waals surface area contributed by atoms with Gasteiger partial charge in [-0.1, -0.05) is 12.1 Å². The summed E-state index contributed by atoms with van der Waals surface area (Å²) in [6, 6.07) is 11.3. The van der Waals surface area contributed by atoms with Crippen LogP contribution >= 0.6 is 11.3 Å². The average molecular weight is 497 g/mol. The van der Waals surface area contributed by atoms with Crippen molar-refractivity contribution in [3.8, 4) is 23.0 Å². The summed E-state index contributed by atoms with van der Waals surface area (Å²) >= 11 is 1.67. The van der Waals surface area contributed by atoms with Crippen LogP contribution < -0.4 is 29.6 Å². The molecule has 1 amide bonds. The lowest BCUT2D eigenvalue weighted by molar-refractivity contribution is 0.102. The number of hydrogen-bond acceptors (Lipinski definition) is 7. The molecule has 186 valence electrons. The normalized spacial score (nSPS) is 12.5. The van der Waals surface area contributed by atoms with Gasteiger partial charge in [-0.3, -0.25) is 4.79 Å². The van der Waals surface area contributed by atoms with E-state index in [0.29, 0.717) is 41.8 Å². The molecule has 0 saturated carbocycles. The van der Waals surface area contributed by atoms with E-state index in [9.17, 15) is 4.79 Å². The smallest absolute Gasteiger partial charge is 0.259 e. The van der Waals surface area contributed by atoms with Gasteiger partial charge in [0.15, 0.2) is 11.5 Å². The number of amides is 1. The predicted molar refractivity (Wildman–Crippen MR) is 140 cm³/mol. The molecule has 0 aliphatic heterocycles. The first kappa shape index (κ1) is 24.7. The van der Waals surface area contributed by atoms with Crippen LogP contribution in [0.1, 0.15) is 46.1 Å². The number of aryl methyl sites for hydroxylation is 1. The Morgan fingerprint density at radius 1 is 0.943 bits per heavy atom. The fraction of sp³-hybridized carbons (Fsp3) is 0.370. The minimum Gasteiger partial charge on any atom is -0.493 e. The number of ether oxygens (including phenoxy) is 4. The van der Waals surface area contributed by atoms with Crippen LogP contribution in [0.2, 0.25) is 0 Å². The standard InChI is InChI=1S/C27H32N2O5S/c1-5-34-20-12-8-7-11-19(20)29-26(30)23-18-10-6-9-13-22(18)35-27(23)28-16-17-14-15-21(31-2)25(33-4)24(17)32-3/h7-8,11-12,14-15,28H,5-6,9-10,13,16H2,1-4H3,(H,29,30). The number of carbonyl (C=O) groups excluding carboxylic acids is 1. The van der Waals surface area contributed by atoms with Crippen LogP contribution in [0.3, 0.4) is 0 Å². The van der Waals surface area contributed by atoms with Crippen molar-refractivity contribution in [1.29, 1.82) is 0 Å². The van der Waals surface area contributed by atoms with Crippen LogP contribution in [-0.2, 0) is 19.4 Å². The molecule has 4 rings (SSSR count). The van der Waals surface area contributed by atoms with Crippen molar-refractivity contribution in [2.45, 2.75) is 39.2 Å². The highest BCUT2D eigenvalue weighted by Gasteiger charge is 2.26. The first-order valence-electron chi connectivity index (χ1n) is 11.8. The molecule has 3 aromatic rings. The second kappa shape index (κ2) is 11.4. The van der Waals surface area contributed by atoms with Gasteiger partial charge in [-0.15, -0.1) is 11.3 Å². The van der Waals surface area contributed by atoms with Gasteiger partial charge in [0, 0.05) is 17.0 Å². The molecule has 0 spiro atoms. The number of hydrogen-bond donors (Lipinski definition) is 2. The predicted octanol–water partition coefficient (Wildman–Crippen LogP) is 5.92. The van der Waals surface area contributed by atoms with E-state index in [4.69, 9.17) is 18.9 Å². The zero-order chi connectivity index (χ0) is 24.8. The van der Waals surface area contributed by atoms with E-state index in [1.165, 1.54) is 4.88 Å². The van der Waals surface area contributed by atoms with Crippen LogP contribution in [-0.4, -0.2) is 33.8 Å². The van der Waals surface area contributed by atoms with Crippen molar-refractivity contribution in [2.75, 3.05) is 38.6 Å². The maximum Gasteiger partial charge on any atom is 0.259 e. The van der Waals surface area contributed by atoms with Gasteiger partial charge in [0.1, 0.15) is 10.8 Å². The molecule has 2 aromatic carbocycles. The number of rotatable bonds is 10. The van der Waals surface area contributed by atoms with Crippen molar-refractivity contribution >= 4 is 27.9 Å². The van der Waals surface area contributed by atoms with Gasteiger partial charge in [0.25, 0.3) is 5.91 Å². The lowest BCUT2D eigenvalue weighted by atomic mass is 9.95. The Morgan fingerprint density at radius 2 is 1.71 bits per heavy atom. The SMILES string of the molecule is CCOc1ccccc1NC(=O)c1c(NCc2ccc(OC)c(OC)c2OC)sc2c1CCCC2. The summed E-state index contributed by atoms with van der Waals surface area (Å²) in [5.41, 5.74) is 3.44. The highest BCUT2D eigenvalue weighted by Crippen LogP contribution is 2.42. The van der Waals surface area contributed by atoms with E-state index < -0.39 is 0 Å². The van der Waals surface area contributed by atoms with Gasteiger partial charge >= 0.3 is 0 Å². The van der Waals surface area contributed by atoms with Gasteiger partial charge in [0.2, 0.25) is 5.75 Å². The van der Waals surface area contributed by atoms with E-state index in [2.05, 4.69) is 10.6 Å². The third-order valence-corrected chi connectivity index (χ3v) is 7.31. The topological polar surface area (TPSA) is 78.1 Å². The Kier molecular flexibility index (Phi) is 8.02. The first-order chi connectivity index (χ1) is 17.1. The van der Waals surface area contributed by atoms with Crippen molar-refractivity contribution in [1.82, 2.24) is 0 Å². The third-order valence-electron chi connectivity index (χ3n) is 6.06. The van der Waals surface area contributed by atoms with Gasteiger partial charge in [0.05, 0.1) is 39.2 Å². The lowest BCUT2D eigenvalue weighted by Gasteiger charge is -2.17. The molecule has 0 radical (unpaired) electrons. The van der Waals surface area contributed by atoms with Crippen molar-refractivity contribution in [3.05, 3.63) is 58.0 Å². The zero-order valence-electron chi connectivity index (χ0n) is 20.7. The Bertz CT molecular complexity index is 1190. The molecule has 2 N–H and O–H groups in total. The molecule has 0 atom stereocenters. The van der Waals surface area contributed by atoms with E-state index in [-0.39, 0.29) is 5.91 Å². The monoisotopic (exact) mass is 496 g/mol. The Hall–Kier alpha value is -3.39. The maximum absolute atomic E-state index is 13.6. The third kappa shape index (κ3) is 5.17. The number of nitrogens with one attached hydrogen (secondary N) is 2.